The standard InChI is InChI=1S/C19H21NO2/c1-2-22-19(21)18(14-15-8-4-3-5-9-15)20-13-12-16-10-6-7-11-17(16)20/h3-11,18H,2,12-14H2,1H3. The van der Waals surface area contributed by atoms with Gasteiger partial charge >= 0.3 is 5.97 Å². The molecule has 3 rings (SSSR count). The molecule has 0 spiro atoms. The zero-order valence-electron chi connectivity index (χ0n) is 12.9. The quantitative estimate of drug-likeness (QED) is 0.793. The molecule has 114 valence electrons. The molecule has 0 aromatic heterocycles. The Bertz CT molecular complexity index is 639. The van der Waals surface area contributed by atoms with E-state index in [0.29, 0.717) is 13.0 Å². The number of benzene rings is 2. The number of carbonyl (C=O) groups excluding carboxylic acids is 1. The summed E-state index contributed by atoms with van der Waals surface area (Å²) in [7, 11) is 0. The maximum absolute atomic E-state index is 12.5. The molecule has 1 heterocycles. The van der Waals surface area contributed by atoms with Crippen LogP contribution in [0.15, 0.2) is 54.6 Å². The van der Waals surface area contributed by atoms with Crippen LogP contribution in [0.4, 0.5) is 5.69 Å². The van der Waals surface area contributed by atoms with E-state index in [2.05, 4.69) is 35.2 Å². The van der Waals surface area contributed by atoms with E-state index < -0.39 is 0 Å². The van der Waals surface area contributed by atoms with Gasteiger partial charge in [-0.1, -0.05) is 48.5 Å². The topological polar surface area (TPSA) is 29.5 Å². The Hall–Kier alpha value is -2.29. The summed E-state index contributed by atoms with van der Waals surface area (Å²) in [5, 5.41) is 0. The van der Waals surface area contributed by atoms with Gasteiger partial charge in [-0.2, -0.15) is 0 Å². The molecule has 0 aliphatic carbocycles. The summed E-state index contributed by atoms with van der Waals surface area (Å²) < 4.78 is 5.32. The fraction of sp³-hybridized carbons (Fsp3) is 0.316. The number of para-hydroxylation sites is 1. The van der Waals surface area contributed by atoms with E-state index in [4.69, 9.17) is 4.74 Å². The lowest BCUT2D eigenvalue weighted by atomic mass is 10.0. The molecule has 3 nitrogen and oxygen atoms in total. The third kappa shape index (κ3) is 2.98. The summed E-state index contributed by atoms with van der Waals surface area (Å²) in [6.45, 7) is 3.14. The monoisotopic (exact) mass is 295 g/mol. The molecule has 0 N–H and O–H groups in total. The fourth-order valence-electron chi connectivity index (χ4n) is 3.08. The highest BCUT2D eigenvalue weighted by atomic mass is 16.5. The number of hydrogen-bond acceptors (Lipinski definition) is 3. The summed E-state index contributed by atoms with van der Waals surface area (Å²) in [6.07, 6.45) is 1.66. The Morgan fingerprint density at radius 2 is 1.86 bits per heavy atom. The molecular weight excluding hydrogens is 274 g/mol. The highest BCUT2D eigenvalue weighted by Gasteiger charge is 2.31. The second kappa shape index (κ2) is 6.65. The zero-order valence-corrected chi connectivity index (χ0v) is 12.9. The molecule has 3 heteroatoms. The van der Waals surface area contributed by atoms with Crippen molar-refractivity contribution in [2.45, 2.75) is 25.8 Å². The predicted octanol–water partition coefficient (Wildman–Crippen LogP) is 3.22. The van der Waals surface area contributed by atoms with Gasteiger partial charge in [0.05, 0.1) is 6.61 Å². The van der Waals surface area contributed by atoms with Gasteiger partial charge in [0.15, 0.2) is 0 Å². The van der Waals surface area contributed by atoms with E-state index in [1.54, 1.807) is 0 Å². The van der Waals surface area contributed by atoms with E-state index in [0.717, 1.165) is 24.2 Å². The molecule has 0 bridgehead atoms. The molecule has 0 saturated heterocycles. The highest BCUT2D eigenvalue weighted by molar-refractivity contribution is 5.81. The minimum Gasteiger partial charge on any atom is -0.464 e. The van der Waals surface area contributed by atoms with Crippen molar-refractivity contribution >= 4 is 11.7 Å². The van der Waals surface area contributed by atoms with Crippen molar-refractivity contribution in [2.24, 2.45) is 0 Å². The van der Waals surface area contributed by atoms with Gasteiger partial charge in [0, 0.05) is 18.7 Å². The summed E-state index contributed by atoms with van der Waals surface area (Å²) in [5.74, 6) is -0.136. The molecule has 1 atom stereocenters. The number of anilines is 1. The summed E-state index contributed by atoms with van der Waals surface area (Å²) in [5.41, 5.74) is 3.63. The first-order valence-corrected chi connectivity index (χ1v) is 7.84. The SMILES string of the molecule is CCOC(=O)C(Cc1ccccc1)N1CCc2ccccc21. The fourth-order valence-corrected chi connectivity index (χ4v) is 3.08. The second-order valence-corrected chi connectivity index (χ2v) is 5.53. The maximum Gasteiger partial charge on any atom is 0.329 e. The van der Waals surface area contributed by atoms with Gasteiger partial charge < -0.3 is 9.64 Å². The van der Waals surface area contributed by atoms with Crippen LogP contribution in [0.25, 0.3) is 0 Å². The average molecular weight is 295 g/mol. The number of rotatable bonds is 5. The Morgan fingerprint density at radius 3 is 2.64 bits per heavy atom. The van der Waals surface area contributed by atoms with Crippen LogP contribution in [0, 0.1) is 0 Å². The molecule has 1 aliphatic heterocycles. The van der Waals surface area contributed by atoms with Gasteiger partial charge in [0.2, 0.25) is 0 Å². The van der Waals surface area contributed by atoms with Crippen molar-refractivity contribution in [3.63, 3.8) is 0 Å². The molecule has 0 fully saturated rings. The van der Waals surface area contributed by atoms with Crippen LogP contribution < -0.4 is 4.90 Å². The van der Waals surface area contributed by atoms with Gasteiger partial charge in [0.25, 0.3) is 0 Å². The summed E-state index contributed by atoms with van der Waals surface area (Å²) in [6, 6.07) is 18.2. The highest BCUT2D eigenvalue weighted by Crippen LogP contribution is 2.30. The van der Waals surface area contributed by atoms with Gasteiger partial charge in [-0.25, -0.2) is 4.79 Å². The minimum absolute atomic E-state index is 0.136. The first-order chi connectivity index (χ1) is 10.8. The molecule has 2 aromatic rings. The minimum atomic E-state index is -0.258. The second-order valence-electron chi connectivity index (χ2n) is 5.53. The van der Waals surface area contributed by atoms with Crippen LogP contribution in [0.3, 0.4) is 0 Å². The summed E-state index contributed by atoms with van der Waals surface area (Å²) >= 11 is 0. The Balaban J connectivity index is 1.88. The van der Waals surface area contributed by atoms with E-state index >= 15 is 0 Å². The number of esters is 1. The first kappa shape index (κ1) is 14.6. The van der Waals surface area contributed by atoms with E-state index in [9.17, 15) is 4.79 Å². The lowest BCUT2D eigenvalue weighted by molar-refractivity contribution is -0.144. The summed E-state index contributed by atoms with van der Waals surface area (Å²) in [4.78, 5) is 14.7. The number of carbonyl (C=O) groups is 1. The number of fused-ring (bicyclic) bond motifs is 1. The average Bonchev–Trinajstić information content (AvgIpc) is 2.97. The Labute approximate surface area is 131 Å². The van der Waals surface area contributed by atoms with Gasteiger partial charge in [-0.15, -0.1) is 0 Å². The number of nitrogens with zero attached hydrogens (tertiary/aromatic N) is 1. The molecule has 2 aromatic carbocycles. The van der Waals surface area contributed by atoms with Crippen molar-refractivity contribution in [1.82, 2.24) is 0 Å². The van der Waals surface area contributed by atoms with Crippen molar-refractivity contribution < 1.29 is 9.53 Å². The van der Waals surface area contributed by atoms with Crippen LogP contribution in [-0.4, -0.2) is 25.2 Å². The normalized spacial score (nSPS) is 14.5. The van der Waals surface area contributed by atoms with Crippen LogP contribution in [0.5, 0.6) is 0 Å². The third-order valence-corrected chi connectivity index (χ3v) is 4.13. The van der Waals surface area contributed by atoms with Crippen molar-refractivity contribution in [3.8, 4) is 0 Å². The smallest absolute Gasteiger partial charge is 0.329 e. The van der Waals surface area contributed by atoms with E-state index in [-0.39, 0.29) is 12.0 Å². The van der Waals surface area contributed by atoms with E-state index in [1.807, 2.05) is 31.2 Å². The lowest BCUT2D eigenvalue weighted by Gasteiger charge is -2.28. The van der Waals surface area contributed by atoms with Crippen LogP contribution in [-0.2, 0) is 22.4 Å². The van der Waals surface area contributed by atoms with Crippen molar-refractivity contribution in [2.75, 3.05) is 18.1 Å². The van der Waals surface area contributed by atoms with Crippen molar-refractivity contribution in [1.29, 1.82) is 0 Å². The van der Waals surface area contributed by atoms with Crippen molar-refractivity contribution in [3.05, 3.63) is 65.7 Å². The van der Waals surface area contributed by atoms with E-state index in [1.165, 1.54) is 5.56 Å². The van der Waals surface area contributed by atoms with Gasteiger partial charge in [-0.3, -0.25) is 0 Å². The molecule has 0 radical (unpaired) electrons. The molecule has 22 heavy (non-hydrogen) atoms. The number of hydrogen-bond donors (Lipinski definition) is 0. The van der Waals surface area contributed by atoms with Crippen LogP contribution in [0.1, 0.15) is 18.1 Å². The molecule has 0 amide bonds. The molecule has 1 unspecified atom stereocenters. The molecule has 0 saturated carbocycles. The Morgan fingerprint density at radius 1 is 1.14 bits per heavy atom. The lowest BCUT2D eigenvalue weighted by Crippen LogP contribution is -2.43. The zero-order chi connectivity index (χ0) is 15.4. The maximum atomic E-state index is 12.5. The predicted molar refractivity (Wildman–Crippen MR) is 88.1 cm³/mol. The largest absolute Gasteiger partial charge is 0.464 e. The van der Waals surface area contributed by atoms with Crippen LogP contribution in [0.2, 0.25) is 0 Å². The van der Waals surface area contributed by atoms with Gasteiger partial charge in [0.1, 0.15) is 6.04 Å². The van der Waals surface area contributed by atoms with Gasteiger partial charge in [-0.05, 0) is 30.5 Å². The van der Waals surface area contributed by atoms with Crippen LogP contribution >= 0.6 is 0 Å². The Kier molecular flexibility index (Phi) is 4.42. The third-order valence-electron chi connectivity index (χ3n) is 4.13. The first-order valence-electron chi connectivity index (χ1n) is 7.84. The molecular formula is C19H21NO2. The number of ether oxygens (including phenoxy) is 1. The molecule has 1 aliphatic rings.